The number of carbonyl (C=O) groups excluding carboxylic acids is 1. The van der Waals surface area contributed by atoms with Gasteiger partial charge in [-0.15, -0.1) is 0 Å². The van der Waals surface area contributed by atoms with Crippen LogP contribution in [0.25, 0.3) is 0 Å². The van der Waals surface area contributed by atoms with Crippen LogP contribution in [0.3, 0.4) is 0 Å². The molecule has 0 atom stereocenters. The van der Waals surface area contributed by atoms with Crippen LogP contribution < -0.4 is 10.1 Å². The van der Waals surface area contributed by atoms with Crippen LogP contribution in [-0.2, 0) is 9.53 Å². The molecule has 5 nitrogen and oxygen atoms in total. The molecule has 21 heavy (non-hydrogen) atoms. The Morgan fingerprint density at radius 3 is 2.38 bits per heavy atom. The zero-order valence-corrected chi connectivity index (χ0v) is 13.6. The number of nitrogens with one attached hydrogen (secondary N) is 1. The van der Waals surface area contributed by atoms with E-state index in [4.69, 9.17) is 9.47 Å². The number of anilines is 1. The molecule has 0 aliphatic heterocycles. The summed E-state index contributed by atoms with van der Waals surface area (Å²) in [5, 5.41) is 2.84. The Balaban J connectivity index is 2.52. The van der Waals surface area contributed by atoms with Crippen molar-refractivity contribution < 1.29 is 14.3 Å². The Morgan fingerprint density at radius 2 is 1.86 bits per heavy atom. The van der Waals surface area contributed by atoms with Gasteiger partial charge < -0.3 is 19.7 Å². The van der Waals surface area contributed by atoms with Crippen molar-refractivity contribution in [3.05, 3.63) is 24.3 Å². The third kappa shape index (κ3) is 6.14. The van der Waals surface area contributed by atoms with Crippen molar-refractivity contribution in [2.75, 3.05) is 39.2 Å². The molecule has 1 aromatic rings. The first-order chi connectivity index (χ1) is 9.85. The molecular formula is C16H26N2O3. The van der Waals surface area contributed by atoms with E-state index in [1.807, 2.05) is 45.3 Å². The fourth-order valence-corrected chi connectivity index (χ4v) is 1.69. The lowest BCUT2D eigenvalue weighted by atomic mass is 10.1. The first-order valence-corrected chi connectivity index (χ1v) is 7.18. The lowest BCUT2D eigenvalue weighted by Gasteiger charge is -2.23. The molecule has 1 amide bonds. The Hall–Kier alpha value is -1.59. The van der Waals surface area contributed by atoms with Crippen molar-refractivity contribution >= 4 is 11.6 Å². The van der Waals surface area contributed by atoms with Crippen LogP contribution in [0, 0.1) is 0 Å². The van der Waals surface area contributed by atoms with E-state index in [2.05, 4.69) is 10.2 Å². The summed E-state index contributed by atoms with van der Waals surface area (Å²) in [6.07, 6.45) is 0. The van der Waals surface area contributed by atoms with Gasteiger partial charge in [0.25, 0.3) is 5.91 Å². The predicted octanol–water partition coefficient (Wildman–Crippen LogP) is 2.38. The highest BCUT2D eigenvalue weighted by Crippen LogP contribution is 2.18. The lowest BCUT2D eigenvalue weighted by molar-refractivity contribution is -0.136. The van der Waals surface area contributed by atoms with Gasteiger partial charge in [-0.25, -0.2) is 0 Å². The standard InChI is InChI=1S/C16H26N2O3/c1-6-21-16(2,3)15(19)17-13-7-9-14(10-8-13)20-12-11-18(4)5/h7-10H,6,11-12H2,1-5H3,(H,17,19). The van der Waals surface area contributed by atoms with Gasteiger partial charge in [-0.05, 0) is 59.1 Å². The summed E-state index contributed by atoms with van der Waals surface area (Å²) in [6, 6.07) is 7.34. The molecule has 0 radical (unpaired) electrons. The molecule has 0 bridgehead atoms. The molecule has 0 saturated heterocycles. The molecule has 0 heterocycles. The fraction of sp³-hybridized carbons (Fsp3) is 0.562. The Morgan fingerprint density at radius 1 is 1.24 bits per heavy atom. The average molecular weight is 294 g/mol. The maximum absolute atomic E-state index is 12.1. The molecular weight excluding hydrogens is 268 g/mol. The van der Waals surface area contributed by atoms with Gasteiger partial charge in [0.15, 0.2) is 0 Å². The molecule has 0 aliphatic rings. The Bertz CT molecular complexity index is 441. The van der Waals surface area contributed by atoms with E-state index in [-0.39, 0.29) is 5.91 Å². The second kappa shape index (κ2) is 8.00. The first kappa shape index (κ1) is 17.5. The number of rotatable bonds is 8. The van der Waals surface area contributed by atoms with Crippen LogP contribution in [0.5, 0.6) is 5.75 Å². The number of ether oxygens (including phenoxy) is 2. The highest BCUT2D eigenvalue weighted by molar-refractivity contribution is 5.96. The highest BCUT2D eigenvalue weighted by Gasteiger charge is 2.27. The summed E-state index contributed by atoms with van der Waals surface area (Å²) in [6.45, 7) is 7.38. The van der Waals surface area contributed by atoms with Gasteiger partial charge >= 0.3 is 0 Å². The minimum absolute atomic E-state index is 0.161. The lowest BCUT2D eigenvalue weighted by Crippen LogP contribution is -2.39. The molecule has 118 valence electrons. The largest absolute Gasteiger partial charge is 0.492 e. The monoisotopic (exact) mass is 294 g/mol. The van der Waals surface area contributed by atoms with Gasteiger partial charge in [-0.2, -0.15) is 0 Å². The summed E-state index contributed by atoms with van der Waals surface area (Å²) in [5.41, 5.74) is -0.108. The molecule has 0 saturated carbocycles. The molecule has 0 aromatic heterocycles. The molecule has 1 aromatic carbocycles. The van der Waals surface area contributed by atoms with Crippen molar-refractivity contribution in [3.8, 4) is 5.75 Å². The molecule has 1 N–H and O–H groups in total. The Labute approximate surface area is 127 Å². The minimum atomic E-state index is -0.838. The number of hydrogen-bond donors (Lipinski definition) is 1. The normalized spacial score (nSPS) is 11.5. The number of hydrogen-bond acceptors (Lipinski definition) is 4. The van der Waals surface area contributed by atoms with Gasteiger partial charge in [0.2, 0.25) is 0 Å². The van der Waals surface area contributed by atoms with Crippen LogP contribution in [0.2, 0.25) is 0 Å². The van der Waals surface area contributed by atoms with Crippen LogP contribution >= 0.6 is 0 Å². The molecule has 1 rings (SSSR count). The van der Waals surface area contributed by atoms with Crippen LogP contribution in [0.15, 0.2) is 24.3 Å². The topological polar surface area (TPSA) is 50.8 Å². The third-order valence-electron chi connectivity index (χ3n) is 2.97. The van der Waals surface area contributed by atoms with Gasteiger partial charge in [-0.1, -0.05) is 0 Å². The second-order valence-electron chi connectivity index (χ2n) is 5.57. The zero-order chi connectivity index (χ0) is 15.9. The van der Waals surface area contributed by atoms with E-state index in [1.54, 1.807) is 13.8 Å². The minimum Gasteiger partial charge on any atom is -0.492 e. The molecule has 0 aliphatic carbocycles. The summed E-state index contributed by atoms with van der Waals surface area (Å²) in [4.78, 5) is 14.1. The predicted molar refractivity (Wildman–Crippen MR) is 84.8 cm³/mol. The number of benzene rings is 1. The summed E-state index contributed by atoms with van der Waals surface area (Å²) in [7, 11) is 4.00. The summed E-state index contributed by atoms with van der Waals surface area (Å²) < 4.78 is 11.0. The van der Waals surface area contributed by atoms with Crippen molar-refractivity contribution in [1.82, 2.24) is 4.90 Å². The van der Waals surface area contributed by atoms with Gasteiger partial charge in [0.1, 0.15) is 18.0 Å². The van der Waals surface area contributed by atoms with Crippen LogP contribution in [-0.4, -0.2) is 50.3 Å². The van der Waals surface area contributed by atoms with E-state index in [0.717, 1.165) is 18.0 Å². The quantitative estimate of drug-likeness (QED) is 0.800. The maximum atomic E-state index is 12.1. The van der Waals surface area contributed by atoms with E-state index in [0.29, 0.717) is 13.2 Å². The van der Waals surface area contributed by atoms with Crippen LogP contribution in [0.4, 0.5) is 5.69 Å². The van der Waals surface area contributed by atoms with Crippen LogP contribution in [0.1, 0.15) is 20.8 Å². The maximum Gasteiger partial charge on any atom is 0.256 e. The molecule has 5 heteroatoms. The molecule has 0 spiro atoms. The Kier molecular flexibility index (Phi) is 6.65. The van der Waals surface area contributed by atoms with Crippen molar-refractivity contribution in [2.45, 2.75) is 26.4 Å². The summed E-state index contributed by atoms with van der Waals surface area (Å²) >= 11 is 0. The van der Waals surface area contributed by atoms with Crippen molar-refractivity contribution in [3.63, 3.8) is 0 Å². The second-order valence-corrected chi connectivity index (χ2v) is 5.57. The van der Waals surface area contributed by atoms with E-state index in [1.165, 1.54) is 0 Å². The van der Waals surface area contributed by atoms with E-state index >= 15 is 0 Å². The molecule has 0 unspecified atom stereocenters. The third-order valence-corrected chi connectivity index (χ3v) is 2.97. The number of likely N-dealkylation sites (N-methyl/N-ethyl adjacent to an activating group) is 1. The fourth-order valence-electron chi connectivity index (χ4n) is 1.69. The van der Waals surface area contributed by atoms with Gasteiger partial charge in [0.05, 0.1) is 0 Å². The summed E-state index contributed by atoms with van der Waals surface area (Å²) in [5.74, 6) is 0.629. The first-order valence-electron chi connectivity index (χ1n) is 7.18. The zero-order valence-electron chi connectivity index (χ0n) is 13.6. The van der Waals surface area contributed by atoms with Crippen molar-refractivity contribution in [1.29, 1.82) is 0 Å². The van der Waals surface area contributed by atoms with Gasteiger partial charge in [-0.3, -0.25) is 4.79 Å². The highest BCUT2D eigenvalue weighted by atomic mass is 16.5. The van der Waals surface area contributed by atoms with Gasteiger partial charge in [0, 0.05) is 18.8 Å². The number of amides is 1. The van der Waals surface area contributed by atoms with Crippen molar-refractivity contribution in [2.24, 2.45) is 0 Å². The smallest absolute Gasteiger partial charge is 0.256 e. The van der Waals surface area contributed by atoms with E-state index < -0.39 is 5.60 Å². The number of carbonyl (C=O) groups is 1. The molecule has 0 fully saturated rings. The number of nitrogens with zero attached hydrogens (tertiary/aromatic N) is 1. The van der Waals surface area contributed by atoms with E-state index in [9.17, 15) is 4.79 Å². The SMILES string of the molecule is CCOC(C)(C)C(=O)Nc1ccc(OCCN(C)C)cc1. The average Bonchev–Trinajstić information content (AvgIpc) is 2.40.